The van der Waals surface area contributed by atoms with Gasteiger partial charge in [-0.25, -0.2) is 0 Å². The fourth-order valence-electron chi connectivity index (χ4n) is 1.95. The number of amides is 1. The van der Waals surface area contributed by atoms with Crippen LogP contribution in [0.3, 0.4) is 0 Å². The van der Waals surface area contributed by atoms with Crippen LogP contribution >= 0.6 is 12.2 Å². The highest BCUT2D eigenvalue weighted by Gasteiger charge is 2.20. The summed E-state index contributed by atoms with van der Waals surface area (Å²) in [4.78, 5) is 14.3. The van der Waals surface area contributed by atoms with Gasteiger partial charge >= 0.3 is 0 Å². The molecule has 1 heterocycles. The third-order valence-electron chi connectivity index (χ3n) is 2.98. The molecule has 1 fully saturated rings. The number of hydrogen-bond acceptors (Lipinski definition) is 2. The van der Waals surface area contributed by atoms with Crippen molar-refractivity contribution in [3.8, 4) is 0 Å². The number of nitrogens with one attached hydrogen (secondary N) is 1. The first-order valence-corrected chi connectivity index (χ1v) is 6.25. The minimum atomic E-state index is -0.170. The average molecular weight is 248 g/mol. The summed E-state index contributed by atoms with van der Waals surface area (Å²) in [5.41, 5.74) is 1.88. The molecule has 0 saturated carbocycles. The molecule has 3 nitrogen and oxygen atoms in total. The lowest BCUT2D eigenvalue weighted by Gasteiger charge is -2.18. The lowest BCUT2D eigenvalue weighted by molar-refractivity contribution is -0.110. The third-order valence-corrected chi connectivity index (χ3v) is 3.42. The number of benzene rings is 1. The number of carbonyl (C=O) groups excluding carboxylic acids is 1. The van der Waals surface area contributed by atoms with Crippen LogP contribution in [-0.2, 0) is 4.79 Å². The van der Waals surface area contributed by atoms with E-state index in [9.17, 15) is 4.79 Å². The lowest BCUT2D eigenvalue weighted by Crippen LogP contribution is -2.36. The Morgan fingerprint density at radius 3 is 2.59 bits per heavy atom. The second-order valence-electron chi connectivity index (χ2n) is 4.27. The summed E-state index contributed by atoms with van der Waals surface area (Å²) in [7, 11) is 0. The van der Waals surface area contributed by atoms with Crippen molar-refractivity contribution in [1.82, 2.24) is 4.90 Å². The average Bonchev–Trinajstić information content (AvgIpc) is 2.84. The minimum Gasteiger partial charge on any atom is -0.358 e. The maximum atomic E-state index is 12.0. The SMILES string of the molecule is Cc1ccccc1NC(=O)C(=S)N1CCCC1. The van der Waals surface area contributed by atoms with Gasteiger partial charge in [0.2, 0.25) is 0 Å². The standard InChI is InChI=1S/C13H16N2OS/c1-10-6-2-3-7-11(10)14-12(16)13(17)15-8-4-5-9-15/h2-3,6-7H,4-5,8-9H2,1H3,(H,14,16). The molecule has 4 heteroatoms. The molecule has 1 aromatic carbocycles. The van der Waals surface area contributed by atoms with E-state index in [4.69, 9.17) is 12.2 Å². The van der Waals surface area contributed by atoms with Gasteiger partial charge in [0.25, 0.3) is 5.91 Å². The largest absolute Gasteiger partial charge is 0.358 e. The highest BCUT2D eigenvalue weighted by molar-refractivity contribution is 7.82. The molecule has 1 amide bonds. The van der Waals surface area contributed by atoms with Crippen molar-refractivity contribution >= 4 is 28.8 Å². The molecule has 1 N–H and O–H groups in total. The Hall–Kier alpha value is -1.42. The molecule has 2 rings (SSSR count). The van der Waals surface area contributed by atoms with E-state index in [-0.39, 0.29) is 5.91 Å². The molecule has 0 aliphatic carbocycles. The Morgan fingerprint density at radius 1 is 1.29 bits per heavy atom. The molecule has 17 heavy (non-hydrogen) atoms. The minimum absolute atomic E-state index is 0.170. The van der Waals surface area contributed by atoms with Crippen LogP contribution in [0.25, 0.3) is 0 Å². The van der Waals surface area contributed by atoms with E-state index in [0.29, 0.717) is 4.99 Å². The molecule has 0 bridgehead atoms. The number of nitrogens with zero attached hydrogens (tertiary/aromatic N) is 1. The van der Waals surface area contributed by atoms with E-state index in [1.807, 2.05) is 36.1 Å². The van der Waals surface area contributed by atoms with Gasteiger partial charge in [0.15, 0.2) is 4.99 Å². The van der Waals surface area contributed by atoms with Crippen molar-refractivity contribution in [2.45, 2.75) is 19.8 Å². The number of aryl methyl sites for hydroxylation is 1. The van der Waals surface area contributed by atoms with E-state index < -0.39 is 0 Å². The lowest BCUT2D eigenvalue weighted by atomic mass is 10.2. The van der Waals surface area contributed by atoms with Crippen molar-refractivity contribution < 1.29 is 4.79 Å². The summed E-state index contributed by atoms with van der Waals surface area (Å²) in [6, 6.07) is 7.71. The Balaban J connectivity index is 2.01. The Kier molecular flexibility index (Phi) is 3.74. The monoisotopic (exact) mass is 248 g/mol. The molecule has 0 spiro atoms. The first-order valence-electron chi connectivity index (χ1n) is 5.84. The molecule has 90 valence electrons. The van der Waals surface area contributed by atoms with Crippen molar-refractivity contribution in [1.29, 1.82) is 0 Å². The highest BCUT2D eigenvalue weighted by Crippen LogP contribution is 2.14. The van der Waals surface area contributed by atoms with Crippen LogP contribution in [0.15, 0.2) is 24.3 Å². The molecular weight excluding hydrogens is 232 g/mol. The normalized spacial score (nSPS) is 14.8. The van der Waals surface area contributed by atoms with Gasteiger partial charge in [0.1, 0.15) is 0 Å². The number of para-hydroxylation sites is 1. The topological polar surface area (TPSA) is 32.3 Å². The molecule has 1 aromatic rings. The fraction of sp³-hybridized carbons (Fsp3) is 0.385. The van der Waals surface area contributed by atoms with Crippen LogP contribution in [0.5, 0.6) is 0 Å². The summed E-state index contributed by atoms with van der Waals surface area (Å²) in [5.74, 6) is -0.170. The smallest absolute Gasteiger partial charge is 0.283 e. The van der Waals surface area contributed by atoms with E-state index in [1.54, 1.807) is 0 Å². The van der Waals surface area contributed by atoms with Gasteiger partial charge in [-0.15, -0.1) is 0 Å². The van der Waals surface area contributed by atoms with Crippen molar-refractivity contribution in [2.75, 3.05) is 18.4 Å². The highest BCUT2D eigenvalue weighted by atomic mass is 32.1. The van der Waals surface area contributed by atoms with Gasteiger partial charge in [-0.05, 0) is 31.4 Å². The van der Waals surface area contributed by atoms with Crippen LogP contribution in [0.2, 0.25) is 0 Å². The van der Waals surface area contributed by atoms with Crippen molar-refractivity contribution in [3.05, 3.63) is 29.8 Å². The van der Waals surface area contributed by atoms with Gasteiger partial charge in [0, 0.05) is 18.8 Å². The maximum Gasteiger partial charge on any atom is 0.283 e. The number of thiocarbonyl (C=S) groups is 1. The Morgan fingerprint density at radius 2 is 1.94 bits per heavy atom. The fourth-order valence-corrected chi connectivity index (χ4v) is 2.19. The molecule has 1 saturated heterocycles. The summed E-state index contributed by atoms with van der Waals surface area (Å²) in [6.07, 6.45) is 2.25. The van der Waals surface area contributed by atoms with Crippen LogP contribution < -0.4 is 5.32 Å². The van der Waals surface area contributed by atoms with Crippen molar-refractivity contribution in [2.24, 2.45) is 0 Å². The summed E-state index contributed by atoms with van der Waals surface area (Å²) < 4.78 is 0. The van der Waals surface area contributed by atoms with E-state index >= 15 is 0 Å². The number of carbonyl (C=O) groups is 1. The van der Waals surface area contributed by atoms with E-state index in [1.165, 1.54) is 0 Å². The molecule has 1 aliphatic heterocycles. The van der Waals surface area contributed by atoms with Gasteiger partial charge in [-0.1, -0.05) is 30.4 Å². The maximum absolute atomic E-state index is 12.0. The summed E-state index contributed by atoms with van der Waals surface area (Å²) in [5, 5.41) is 2.87. The van der Waals surface area contributed by atoms with Crippen LogP contribution in [0.4, 0.5) is 5.69 Å². The number of hydrogen-bond donors (Lipinski definition) is 1. The van der Waals surface area contributed by atoms with Crippen LogP contribution in [0.1, 0.15) is 18.4 Å². The zero-order chi connectivity index (χ0) is 12.3. The van der Waals surface area contributed by atoms with Crippen LogP contribution in [-0.4, -0.2) is 28.9 Å². The molecule has 0 atom stereocenters. The first kappa shape index (κ1) is 12.0. The molecule has 0 radical (unpaired) electrons. The van der Waals surface area contributed by atoms with Crippen molar-refractivity contribution in [3.63, 3.8) is 0 Å². The summed E-state index contributed by atoms with van der Waals surface area (Å²) >= 11 is 5.19. The predicted octanol–water partition coefficient (Wildman–Crippen LogP) is 2.36. The number of likely N-dealkylation sites (tertiary alicyclic amines) is 1. The number of anilines is 1. The van der Waals surface area contributed by atoms with Gasteiger partial charge in [0.05, 0.1) is 0 Å². The molecular formula is C13H16N2OS. The molecule has 0 aromatic heterocycles. The van der Waals surface area contributed by atoms with Gasteiger partial charge in [-0.3, -0.25) is 4.79 Å². The second-order valence-corrected chi connectivity index (χ2v) is 4.66. The number of rotatable bonds is 1. The zero-order valence-electron chi connectivity index (χ0n) is 9.90. The third kappa shape index (κ3) is 2.82. The molecule has 1 aliphatic rings. The second kappa shape index (κ2) is 5.27. The Bertz CT molecular complexity index is 439. The summed E-state index contributed by atoms with van der Waals surface area (Å²) in [6.45, 7) is 3.77. The van der Waals surface area contributed by atoms with Gasteiger partial charge < -0.3 is 10.2 Å². The first-order chi connectivity index (χ1) is 8.18. The zero-order valence-corrected chi connectivity index (χ0v) is 10.7. The quantitative estimate of drug-likeness (QED) is 0.774. The van der Waals surface area contributed by atoms with Gasteiger partial charge in [-0.2, -0.15) is 0 Å². The van der Waals surface area contributed by atoms with Crippen LogP contribution in [0, 0.1) is 6.92 Å². The van der Waals surface area contributed by atoms with E-state index in [2.05, 4.69) is 5.32 Å². The molecule has 0 unspecified atom stereocenters. The van der Waals surface area contributed by atoms with E-state index in [0.717, 1.165) is 37.2 Å². The predicted molar refractivity (Wildman–Crippen MR) is 73.2 cm³/mol. The Labute approximate surface area is 107 Å².